The highest BCUT2D eigenvalue weighted by molar-refractivity contribution is 5.82. The van der Waals surface area contributed by atoms with Crippen LogP contribution in [0.1, 0.15) is 26.7 Å². The zero-order valence-electron chi connectivity index (χ0n) is 10.4. The molecule has 0 aromatic rings. The molecule has 0 aliphatic carbocycles. The largest absolute Gasteiger partial charge is 0.466 e. The minimum atomic E-state index is -4.67. The molecule has 4 nitrogen and oxygen atoms in total. The van der Waals surface area contributed by atoms with E-state index in [4.69, 9.17) is 0 Å². The lowest BCUT2D eigenvalue weighted by Gasteiger charge is -2.25. The second-order valence-electron chi connectivity index (χ2n) is 4.40. The van der Waals surface area contributed by atoms with Gasteiger partial charge in [0, 0.05) is 11.6 Å². The summed E-state index contributed by atoms with van der Waals surface area (Å²) < 4.78 is 41.8. The van der Waals surface area contributed by atoms with Crippen LogP contribution in [0.2, 0.25) is 0 Å². The number of aliphatic hydroxyl groups is 2. The van der Waals surface area contributed by atoms with E-state index in [9.17, 15) is 28.2 Å². The van der Waals surface area contributed by atoms with Crippen molar-refractivity contribution in [3.05, 3.63) is 11.6 Å². The number of esters is 1. The van der Waals surface area contributed by atoms with Gasteiger partial charge in [-0.05, 0) is 26.7 Å². The van der Waals surface area contributed by atoms with Crippen LogP contribution in [0.3, 0.4) is 0 Å². The average molecular weight is 270 g/mol. The van der Waals surface area contributed by atoms with Crippen molar-refractivity contribution < 1.29 is 32.9 Å². The van der Waals surface area contributed by atoms with Crippen LogP contribution >= 0.6 is 0 Å². The normalized spacial score (nSPS) is 15.4. The zero-order valence-corrected chi connectivity index (χ0v) is 10.4. The van der Waals surface area contributed by atoms with E-state index in [0.717, 1.165) is 7.11 Å². The molecular formula is C11H17F3O4. The first-order valence-electron chi connectivity index (χ1n) is 5.24. The predicted octanol–water partition coefficient (Wildman–Crippen LogP) is 1.56. The van der Waals surface area contributed by atoms with Crippen LogP contribution < -0.4 is 0 Å². The standard InChI is InChI=1S/C11H17F3O4/c1-10(2,17)8(15)5-4-7(11(12,13)14)6-9(16)18-3/h6,8,15,17H,4-5H2,1-3H3/t8-/m1/s1. The molecule has 0 bridgehead atoms. The lowest BCUT2D eigenvalue weighted by Crippen LogP contribution is -2.36. The van der Waals surface area contributed by atoms with Crippen molar-refractivity contribution in [1.29, 1.82) is 0 Å². The number of alkyl halides is 3. The molecule has 0 aromatic carbocycles. The molecular weight excluding hydrogens is 253 g/mol. The number of carbonyl (C=O) groups is 1. The quantitative estimate of drug-likeness (QED) is 0.587. The van der Waals surface area contributed by atoms with Gasteiger partial charge in [0.25, 0.3) is 0 Å². The van der Waals surface area contributed by atoms with Gasteiger partial charge in [0.1, 0.15) is 0 Å². The lowest BCUT2D eigenvalue weighted by atomic mass is 9.95. The molecule has 7 heteroatoms. The monoisotopic (exact) mass is 270 g/mol. The molecule has 0 rings (SSSR count). The summed E-state index contributed by atoms with van der Waals surface area (Å²) in [5, 5.41) is 18.8. The lowest BCUT2D eigenvalue weighted by molar-refractivity contribution is -0.136. The van der Waals surface area contributed by atoms with Crippen LogP contribution in [-0.2, 0) is 9.53 Å². The number of halogens is 3. The van der Waals surface area contributed by atoms with Gasteiger partial charge in [-0.1, -0.05) is 0 Å². The van der Waals surface area contributed by atoms with Crippen molar-refractivity contribution in [1.82, 2.24) is 0 Å². The summed E-state index contributed by atoms with van der Waals surface area (Å²) in [5.41, 5.74) is -2.60. The van der Waals surface area contributed by atoms with Crippen LogP contribution in [0.5, 0.6) is 0 Å². The van der Waals surface area contributed by atoms with E-state index in [1.807, 2.05) is 0 Å². The SMILES string of the molecule is COC(=O)C=C(CC[C@@H](O)C(C)(C)O)C(F)(F)F. The molecule has 0 heterocycles. The fraction of sp³-hybridized carbons (Fsp3) is 0.727. The van der Waals surface area contributed by atoms with Crippen molar-refractivity contribution >= 4 is 5.97 Å². The van der Waals surface area contributed by atoms with Gasteiger partial charge in [-0.25, -0.2) is 4.79 Å². The van der Waals surface area contributed by atoms with Crippen LogP contribution in [0.4, 0.5) is 13.2 Å². The maximum atomic E-state index is 12.5. The van der Waals surface area contributed by atoms with Crippen molar-refractivity contribution in [3.8, 4) is 0 Å². The van der Waals surface area contributed by atoms with E-state index in [1.165, 1.54) is 13.8 Å². The Labute approximate surface area is 103 Å². The third kappa shape index (κ3) is 6.02. The third-order valence-electron chi connectivity index (χ3n) is 2.36. The van der Waals surface area contributed by atoms with Crippen molar-refractivity contribution in [2.75, 3.05) is 7.11 Å². The molecule has 2 N–H and O–H groups in total. The molecule has 0 unspecified atom stereocenters. The zero-order chi connectivity index (χ0) is 14.6. The van der Waals surface area contributed by atoms with E-state index in [-0.39, 0.29) is 6.42 Å². The fourth-order valence-electron chi connectivity index (χ4n) is 1.14. The van der Waals surface area contributed by atoms with Crippen molar-refractivity contribution in [3.63, 3.8) is 0 Å². The van der Waals surface area contributed by atoms with Gasteiger partial charge in [0.2, 0.25) is 0 Å². The molecule has 18 heavy (non-hydrogen) atoms. The molecule has 106 valence electrons. The van der Waals surface area contributed by atoms with Crippen molar-refractivity contribution in [2.45, 2.75) is 44.6 Å². The molecule has 0 aromatic heterocycles. The number of rotatable bonds is 5. The third-order valence-corrected chi connectivity index (χ3v) is 2.36. The maximum absolute atomic E-state index is 12.5. The Kier molecular flexibility index (Phi) is 5.82. The van der Waals surface area contributed by atoms with Gasteiger partial charge >= 0.3 is 12.1 Å². The molecule has 0 amide bonds. The second kappa shape index (κ2) is 6.19. The van der Waals surface area contributed by atoms with Gasteiger partial charge in [0.15, 0.2) is 0 Å². The van der Waals surface area contributed by atoms with E-state index in [1.54, 1.807) is 0 Å². The second-order valence-corrected chi connectivity index (χ2v) is 4.40. The number of ether oxygens (including phenoxy) is 1. The minimum absolute atomic E-state index is 0.314. The minimum Gasteiger partial charge on any atom is -0.466 e. The van der Waals surface area contributed by atoms with Gasteiger partial charge in [-0.15, -0.1) is 0 Å². The molecule has 1 atom stereocenters. The highest BCUT2D eigenvalue weighted by Gasteiger charge is 2.35. The summed E-state index contributed by atoms with van der Waals surface area (Å²) in [4.78, 5) is 10.8. The Hall–Kier alpha value is -1.08. The Morgan fingerprint density at radius 3 is 2.22 bits per heavy atom. The van der Waals surface area contributed by atoms with Crippen LogP contribution in [0.15, 0.2) is 11.6 Å². The van der Waals surface area contributed by atoms with Gasteiger partial charge in [0.05, 0.1) is 18.8 Å². The van der Waals surface area contributed by atoms with Crippen LogP contribution in [0.25, 0.3) is 0 Å². The molecule has 0 aliphatic heterocycles. The molecule has 0 spiro atoms. The Balaban J connectivity index is 4.75. The molecule has 0 radical (unpaired) electrons. The first-order chi connectivity index (χ1) is 7.98. The first kappa shape index (κ1) is 16.9. The fourth-order valence-corrected chi connectivity index (χ4v) is 1.14. The summed E-state index contributed by atoms with van der Waals surface area (Å²) in [6, 6.07) is 0. The summed E-state index contributed by atoms with van der Waals surface area (Å²) >= 11 is 0. The average Bonchev–Trinajstić information content (AvgIpc) is 2.20. The number of hydrogen-bond acceptors (Lipinski definition) is 4. The summed E-state index contributed by atoms with van der Waals surface area (Å²) in [6.45, 7) is 2.57. The highest BCUT2D eigenvalue weighted by Crippen LogP contribution is 2.30. The predicted molar refractivity (Wildman–Crippen MR) is 57.7 cm³/mol. The van der Waals surface area contributed by atoms with E-state index in [2.05, 4.69) is 4.74 Å². The maximum Gasteiger partial charge on any atom is 0.412 e. The molecule has 0 saturated heterocycles. The number of allylic oxidation sites excluding steroid dienone is 1. The van der Waals surface area contributed by atoms with Crippen LogP contribution in [-0.4, -0.2) is 41.2 Å². The summed E-state index contributed by atoms with van der Waals surface area (Å²) in [6.07, 6.45) is -6.54. The number of aliphatic hydroxyl groups excluding tert-OH is 1. The van der Waals surface area contributed by atoms with Crippen molar-refractivity contribution in [2.24, 2.45) is 0 Å². The molecule has 0 fully saturated rings. The van der Waals surface area contributed by atoms with E-state index >= 15 is 0 Å². The molecule has 0 aliphatic rings. The smallest absolute Gasteiger partial charge is 0.412 e. The Bertz CT molecular complexity index is 315. The topological polar surface area (TPSA) is 66.8 Å². The van der Waals surface area contributed by atoms with E-state index < -0.39 is 35.8 Å². The first-order valence-corrected chi connectivity index (χ1v) is 5.24. The van der Waals surface area contributed by atoms with Gasteiger partial charge < -0.3 is 14.9 Å². The van der Waals surface area contributed by atoms with Gasteiger partial charge in [-0.3, -0.25) is 0 Å². The number of carbonyl (C=O) groups excluding carboxylic acids is 1. The summed E-state index contributed by atoms with van der Waals surface area (Å²) in [7, 11) is 0.971. The van der Waals surface area contributed by atoms with Gasteiger partial charge in [-0.2, -0.15) is 13.2 Å². The number of hydrogen-bond donors (Lipinski definition) is 2. The molecule has 0 saturated carbocycles. The Morgan fingerprint density at radius 2 is 1.89 bits per heavy atom. The Morgan fingerprint density at radius 1 is 1.39 bits per heavy atom. The number of methoxy groups -OCH3 is 1. The van der Waals surface area contributed by atoms with E-state index in [0.29, 0.717) is 6.08 Å². The highest BCUT2D eigenvalue weighted by atomic mass is 19.4. The summed E-state index contributed by atoms with van der Waals surface area (Å²) in [5.74, 6) is -1.11. The van der Waals surface area contributed by atoms with Crippen LogP contribution in [0, 0.1) is 0 Å².